The largest absolute Gasteiger partial charge is 0.390 e. The second kappa shape index (κ2) is 10.4. The fourth-order valence-corrected chi connectivity index (χ4v) is 3.38. The summed E-state index contributed by atoms with van der Waals surface area (Å²) in [6, 6.07) is -0.198. The number of nitrogens with one attached hydrogen (secondary N) is 1. The summed E-state index contributed by atoms with van der Waals surface area (Å²) in [7, 11) is 1.60. The maximum atomic E-state index is 10.4. The summed E-state index contributed by atoms with van der Waals surface area (Å²) in [5.41, 5.74) is 2.57. The van der Waals surface area contributed by atoms with Crippen molar-refractivity contribution in [2.75, 3.05) is 7.11 Å². The molecule has 0 amide bonds. The minimum Gasteiger partial charge on any atom is -0.390 e. The second-order valence-electron chi connectivity index (χ2n) is 6.63. The number of hydrogen-bond donors (Lipinski definition) is 3. The van der Waals surface area contributed by atoms with E-state index in [1.807, 2.05) is 13.8 Å². The highest BCUT2D eigenvalue weighted by atomic mass is 35.5. The van der Waals surface area contributed by atoms with Crippen molar-refractivity contribution in [1.29, 1.82) is 0 Å². The molecule has 0 bridgehead atoms. The van der Waals surface area contributed by atoms with E-state index in [0.29, 0.717) is 26.1 Å². The van der Waals surface area contributed by atoms with Crippen LogP contribution in [0, 0.1) is 19.8 Å². The SMILES string of the molecule is COCc1cn(C[C@H]2C[C@@H](NCc3c(C)noc3C)[C@H](O)[C@@H]2O)nn1.Cl.Cl. The van der Waals surface area contributed by atoms with Gasteiger partial charge in [0.2, 0.25) is 0 Å². The van der Waals surface area contributed by atoms with Gasteiger partial charge in [-0.15, -0.1) is 29.9 Å². The number of nitrogens with zero attached hydrogens (tertiary/aromatic N) is 4. The molecule has 2 aromatic heterocycles. The quantitative estimate of drug-likeness (QED) is 0.597. The topological polar surface area (TPSA) is 118 Å². The number of aliphatic hydroxyl groups is 2. The van der Waals surface area contributed by atoms with Crippen LogP contribution in [0.15, 0.2) is 10.7 Å². The summed E-state index contributed by atoms with van der Waals surface area (Å²) >= 11 is 0. The lowest BCUT2D eigenvalue weighted by molar-refractivity contribution is 0.00720. The molecular formula is C16H27Cl2N5O4. The maximum Gasteiger partial charge on any atom is 0.138 e. The van der Waals surface area contributed by atoms with Crippen LogP contribution in [-0.2, 0) is 24.4 Å². The van der Waals surface area contributed by atoms with Crippen molar-refractivity contribution in [3.05, 3.63) is 28.9 Å². The third kappa shape index (κ3) is 5.40. The fraction of sp³-hybridized carbons (Fsp3) is 0.688. The Morgan fingerprint density at radius 2 is 2.04 bits per heavy atom. The predicted molar refractivity (Wildman–Crippen MR) is 102 cm³/mol. The van der Waals surface area contributed by atoms with Crippen LogP contribution in [0.3, 0.4) is 0 Å². The van der Waals surface area contributed by atoms with Gasteiger partial charge in [-0.1, -0.05) is 10.4 Å². The number of ether oxygens (including phenoxy) is 1. The van der Waals surface area contributed by atoms with E-state index in [9.17, 15) is 10.2 Å². The molecule has 1 fully saturated rings. The van der Waals surface area contributed by atoms with Crippen LogP contribution in [-0.4, -0.2) is 55.7 Å². The number of aliphatic hydroxyl groups excluding tert-OH is 2. The van der Waals surface area contributed by atoms with Crippen LogP contribution in [0.4, 0.5) is 0 Å². The summed E-state index contributed by atoms with van der Waals surface area (Å²) < 4.78 is 11.9. The number of rotatable bonds is 7. The van der Waals surface area contributed by atoms with Crippen LogP contribution in [0.25, 0.3) is 0 Å². The Kier molecular flexibility index (Phi) is 9.13. The van der Waals surface area contributed by atoms with Crippen LogP contribution < -0.4 is 5.32 Å². The van der Waals surface area contributed by atoms with Gasteiger partial charge < -0.3 is 24.8 Å². The maximum absolute atomic E-state index is 10.4. The number of aryl methyl sites for hydroxylation is 2. The Balaban J connectivity index is 0.00000182. The molecule has 2 aromatic rings. The third-order valence-electron chi connectivity index (χ3n) is 4.82. The smallest absolute Gasteiger partial charge is 0.138 e. The summed E-state index contributed by atoms with van der Waals surface area (Å²) in [4.78, 5) is 0. The number of hydrogen-bond acceptors (Lipinski definition) is 8. The molecule has 0 aromatic carbocycles. The molecule has 1 aliphatic carbocycles. The van der Waals surface area contributed by atoms with Gasteiger partial charge in [0.1, 0.15) is 11.5 Å². The first kappa shape index (κ1) is 23.8. The predicted octanol–water partition coefficient (Wildman–Crippen LogP) is 0.773. The van der Waals surface area contributed by atoms with Crippen LogP contribution in [0.5, 0.6) is 0 Å². The van der Waals surface area contributed by atoms with Crippen LogP contribution in [0.1, 0.15) is 29.1 Å². The molecule has 0 radical (unpaired) electrons. The summed E-state index contributed by atoms with van der Waals surface area (Å²) in [5.74, 6) is 0.664. The van der Waals surface area contributed by atoms with Gasteiger partial charge in [0, 0.05) is 37.7 Å². The van der Waals surface area contributed by atoms with E-state index in [0.717, 1.165) is 22.7 Å². The lowest BCUT2D eigenvalue weighted by Gasteiger charge is -2.18. The number of halogens is 2. The van der Waals surface area contributed by atoms with Gasteiger partial charge in [-0.25, -0.2) is 0 Å². The van der Waals surface area contributed by atoms with Crippen LogP contribution >= 0.6 is 24.8 Å². The molecule has 154 valence electrons. The van der Waals surface area contributed by atoms with Gasteiger partial charge >= 0.3 is 0 Å². The van der Waals surface area contributed by atoms with Crippen molar-refractivity contribution in [3.8, 4) is 0 Å². The molecule has 11 heteroatoms. The molecule has 9 nitrogen and oxygen atoms in total. The molecule has 3 N–H and O–H groups in total. The Morgan fingerprint density at radius 1 is 1.30 bits per heavy atom. The lowest BCUT2D eigenvalue weighted by Crippen LogP contribution is -2.39. The summed E-state index contributed by atoms with van der Waals surface area (Å²) in [6.45, 7) is 5.19. The fourth-order valence-electron chi connectivity index (χ4n) is 3.38. The highest BCUT2D eigenvalue weighted by Gasteiger charge is 2.41. The van der Waals surface area contributed by atoms with Gasteiger partial charge in [0.25, 0.3) is 0 Å². The molecule has 0 aliphatic heterocycles. The van der Waals surface area contributed by atoms with E-state index in [4.69, 9.17) is 9.26 Å². The Morgan fingerprint density at radius 3 is 2.67 bits per heavy atom. The number of aromatic nitrogens is 4. The van der Waals surface area contributed by atoms with Crippen molar-refractivity contribution in [2.24, 2.45) is 5.92 Å². The van der Waals surface area contributed by atoms with Crippen molar-refractivity contribution in [2.45, 2.75) is 58.2 Å². The first-order valence-electron chi connectivity index (χ1n) is 8.38. The minimum absolute atomic E-state index is 0. The van der Waals surface area contributed by atoms with E-state index < -0.39 is 12.2 Å². The van der Waals surface area contributed by atoms with Gasteiger partial charge in [-0.3, -0.25) is 4.68 Å². The van der Waals surface area contributed by atoms with Crippen molar-refractivity contribution < 1.29 is 19.5 Å². The highest BCUT2D eigenvalue weighted by Crippen LogP contribution is 2.28. The van der Waals surface area contributed by atoms with E-state index >= 15 is 0 Å². The molecule has 4 atom stereocenters. The average Bonchev–Trinajstić information content (AvgIpc) is 3.23. The van der Waals surface area contributed by atoms with Crippen molar-refractivity contribution >= 4 is 24.8 Å². The Hall–Kier alpha value is -1.23. The zero-order valence-corrected chi connectivity index (χ0v) is 17.2. The summed E-state index contributed by atoms with van der Waals surface area (Å²) in [6.07, 6.45) is 0.808. The molecule has 0 saturated heterocycles. The normalized spacial score (nSPS) is 24.5. The first-order chi connectivity index (χ1) is 12.0. The first-order valence-corrected chi connectivity index (χ1v) is 8.38. The molecule has 1 saturated carbocycles. The molecule has 0 spiro atoms. The molecule has 27 heavy (non-hydrogen) atoms. The molecular weight excluding hydrogens is 397 g/mol. The molecule has 1 aliphatic rings. The molecule has 0 unspecified atom stereocenters. The minimum atomic E-state index is -0.826. The van der Waals surface area contributed by atoms with E-state index in [1.165, 1.54) is 0 Å². The molecule has 3 rings (SSSR count). The van der Waals surface area contributed by atoms with Gasteiger partial charge in [0.15, 0.2) is 0 Å². The van der Waals surface area contributed by atoms with E-state index in [-0.39, 0.29) is 36.8 Å². The van der Waals surface area contributed by atoms with Gasteiger partial charge in [-0.05, 0) is 20.3 Å². The van der Waals surface area contributed by atoms with Crippen LogP contribution in [0.2, 0.25) is 0 Å². The highest BCUT2D eigenvalue weighted by molar-refractivity contribution is 5.85. The Bertz CT molecular complexity index is 691. The number of methoxy groups -OCH3 is 1. The van der Waals surface area contributed by atoms with E-state index in [2.05, 4.69) is 20.8 Å². The standard InChI is InChI=1S/C16H25N5O4.2ClH/c1-9-13(10(2)25-19-9)5-17-14-4-11(15(22)16(14)23)6-21-7-12(8-24-3)18-20-21;;/h7,11,14-17,22-23H,4-6,8H2,1-3H3;2*1H/t11-,14-,15-,16+;;/m1../s1. The lowest BCUT2D eigenvalue weighted by atomic mass is 10.1. The zero-order valence-electron chi connectivity index (χ0n) is 15.5. The monoisotopic (exact) mass is 423 g/mol. The second-order valence-corrected chi connectivity index (χ2v) is 6.63. The van der Waals surface area contributed by atoms with Gasteiger partial charge in [-0.2, -0.15) is 0 Å². The molecule has 2 heterocycles. The Labute approximate surface area is 170 Å². The van der Waals surface area contributed by atoms with Crippen molar-refractivity contribution in [3.63, 3.8) is 0 Å². The zero-order chi connectivity index (χ0) is 18.0. The third-order valence-corrected chi connectivity index (χ3v) is 4.82. The van der Waals surface area contributed by atoms with Crippen molar-refractivity contribution in [1.82, 2.24) is 25.5 Å². The summed E-state index contributed by atoms with van der Waals surface area (Å²) in [5, 5.41) is 36.0. The van der Waals surface area contributed by atoms with E-state index in [1.54, 1.807) is 18.0 Å². The van der Waals surface area contributed by atoms with Gasteiger partial charge in [0.05, 0.1) is 30.7 Å². The average molecular weight is 424 g/mol.